The second-order valence-electron chi connectivity index (χ2n) is 6.10. The lowest BCUT2D eigenvalue weighted by molar-refractivity contribution is 0.0603. The van der Waals surface area contributed by atoms with Crippen LogP contribution in [0, 0.1) is 0 Å². The molecule has 28 heavy (non-hydrogen) atoms. The number of carbonyl (C=O) groups excluding carboxylic acids is 1. The van der Waals surface area contributed by atoms with Gasteiger partial charge in [-0.15, -0.1) is 0 Å². The van der Waals surface area contributed by atoms with Crippen molar-refractivity contribution < 1.29 is 14.3 Å². The number of pyridine rings is 1. The van der Waals surface area contributed by atoms with Crippen molar-refractivity contribution in [1.29, 1.82) is 0 Å². The molecule has 2 heterocycles. The van der Waals surface area contributed by atoms with Gasteiger partial charge in [-0.1, -0.05) is 24.3 Å². The van der Waals surface area contributed by atoms with E-state index in [0.717, 1.165) is 32.7 Å². The first-order valence-electron chi connectivity index (χ1n) is 8.66. The maximum absolute atomic E-state index is 12.2. The summed E-state index contributed by atoms with van der Waals surface area (Å²) < 4.78 is 12.2. The van der Waals surface area contributed by atoms with Crippen molar-refractivity contribution in [1.82, 2.24) is 8.96 Å². The minimum atomic E-state index is -0.354. The highest BCUT2D eigenvalue weighted by Gasteiger charge is 2.17. The van der Waals surface area contributed by atoms with Crippen LogP contribution in [-0.4, -0.2) is 29.1 Å². The number of carbonyl (C=O) groups is 1. The van der Waals surface area contributed by atoms with Crippen molar-refractivity contribution in [3.63, 3.8) is 0 Å². The number of nitrogens with zero attached hydrogens (tertiary/aromatic N) is 2. The average molecular weight is 390 g/mol. The molecule has 2 aromatic heterocycles. The largest absolute Gasteiger partial charge is 0.497 e. The van der Waals surface area contributed by atoms with E-state index in [4.69, 9.17) is 9.47 Å². The molecule has 0 amide bonds. The molecule has 0 saturated heterocycles. The number of rotatable bonds is 5. The predicted octanol–water partition coefficient (Wildman–Crippen LogP) is 5.05. The highest BCUT2D eigenvalue weighted by Crippen LogP contribution is 2.33. The highest BCUT2D eigenvalue weighted by molar-refractivity contribution is 7.98. The van der Waals surface area contributed by atoms with Crippen molar-refractivity contribution in [3.8, 4) is 16.9 Å². The molecule has 0 aliphatic carbocycles. The van der Waals surface area contributed by atoms with Crippen LogP contribution in [-0.2, 0) is 4.74 Å². The van der Waals surface area contributed by atoms with Crippen LogP contribution >= 0.6 is 11.9 Å². The van der Waals surface area contributed by atoms with Gasteiger partial charge in [0.15, 0.2) is 0 Å². The van der Waals surface area contributed by atoms with Gasteiger partial charge in [0.1, 0.15) is 5.75 Å². The number of esters is 1. The number of ether oxygens (including phenoxy) is 2. The van der Waals surface area contributed by atoms with E-state index in [2.05, 4.69) is 11.1 Å². The lowest BCUT2D eigenvalue weighted by atomic mass is 10.0. The molecule has 0 saturated carbocycles. The van der Waals surface area contributed by atoms with E-state index in [1.165, 1.54) is 19.1 Å². The zero-order valence-corrected chi connectivity index (χ0v) is 16.3. The summed E-state index contributed by atoms with van der Waals surface area (Å²) in [6.45, 7) is 0. The Bertz CT molecular complexity index is 1120. The van der Waals surface area contributed by atoms with Gasteiger partial charge < -0.3 is 9.47 Å². The minimum Gasteiger partial charge on any atom is -0.497 e. The molecule has 0 fully saturated rings. The number of benzene rings is 2. The van der Waals surface area contributed by atoms with Crippen LogP contribution in [0.25, 0.3) is 22.0 Å². The zero-order chi connectivity index (χ0) is 19.5. The van der Waals surface area contributed by atoms with Crippen LogP contribution in [0.2, 0.25) is 0 Å². The Morgan fingerprint density at radius 3 is 2.50 bits per heavy atom. The van der Waals surface area contributed by atoms with Gasteiger partial charge in [-0.2, -0.15) is 0 Å². The minimum absolute atomic E-state index is 0.354. The highest BCUT2D eigenvalue weighted by atomic mass is 32.2. The molecular formula is C22H18N2O3S. The van der Waals surface area contributed by atoms with E-state index in [0.29, 0.717) is 5.56 Å². The normalized spacial score (nSPS) is 10.8. The number of methoxy groups -OCH3 is 2. The van der Waals surface area contributed by atoms with Crippen LogP contribution in [0.3, 0.4) is 0 Å². The summed E-state index contributed by atoms with van der Waals surface area (Å²) in [5.41, 5.74) is 3.59. The molecule has 0 atom stereocenters. The first kappa shape index (κ1) is 18.1. The summed E-state index contributed by atoms with van der Waals surface area (Å²) in [5.74, 6) is 0.459. The van der Waals surface area contributed by atoms with E-state index in [9.17, 15) is 4.79 Å². The van der Waals surface area contributed by atoms with Gasteiger partial charge in [-0.05, 0) is 53.4 Å². The van der Waals surface area contributed by atoms with E-state index in [1.807, 2.05) is 58.7 Å². The smallest absolute Gasteiger partial charge is 0.340 e. The second-order valence-corrected chi connectivity index (χ2v) is 7.15. The van der Waals surface area contributed by atoms with Gasteiger partial charge >= 0.3 is 5.97 Å². The summed E-state index contributed by atoms with van der Waals surface area (Å²) >= 11 is 1.50. The third kappa shape index (κ3) is 3.46. The Morgan fingerprint density at radius 1 is 1.04 bits per heavy atom. The van der Waals surface area contributed by atoms with Crippen LogP contribution in [0.5, 0.6) is 5.75 Å². The fourth-order valence-corrected chi connectivity index (χ4v) is 3.91. The van der Waals surface area contributed by atoms with Gasteiger partial charge in [-0.25, -0.2) is 4.79 Å². The molecule has 6 heteroatoms. The van der Waals surface area contributed by atoms with Crippen LogP contribution < -0.4 is 4.74 Å². The predicted molar refractivity (Wildman–Crippen MR) is 111 cm³/mol. The van der Waals surface area contributed by atoms with Gasteiger partial charge in [0.2, 0.25) is 0 Å². The van der Waals surface area contributed by atoms with E-state index < -0.39 is 0 Å². The topological polar surface area (TPSA) is 53.4 Å². The molecular weight excluding hydrogens is 372 g/mol. The summed E-state index contributed by atoms with van der Waals surface area (Å²) in [4.78, 5) is 17.4. The molecule has 0 N–H and O–H groups in total. The van der Waals surface area contributed by atoms with E-state index in [-0.39, 0.29) is 5.97 Å². The molecule has 0 bridgehead atoms. The molecule has 0 aliphatic heterocycles. The lowest BCUT2D eigenvalue weighted by Gasteiger charge is -2.07. The molecule has 4 aromatic rings. The van der Waals surface area contributed by atoms with Gasteiger partial charge in [0, 0.05) is 28.9 Å². The Morgan fingerprint density at radius 2 is 1.82 bits per heavy atom. The number of hydrogen-bond donors (Lipinski definition) is 0. The number of hydrogen-bond acceptors (Lipinski definition) is 5. The van der Waals surface area contributed by atoms with Crippen LogP contribution in [0.15, 0.2) is 78.1 Å². The number of fused-ring (bicyclic) bond motifs is 1. The van der Waals surface area contributed by atoms with Crippen LogP contribution in [0.1, 0.15) is 10.4 Å². The monoisotopic (exact) mass is 390 g/mol. The van der Waals surface area contributed by atoms with Crippen LogP contribution in [0.4, 0.5) is 0 Å². The first-order chi connectivity index (χ1) is 13.7. The Kier molecular flexibility index (Phi) is 5.04. The van der Waals surface area contributed by atoms with Gasteiger partial charge in [0.05, 0.1) is 25.3 Å². The third-order valence-electron chi connectivity index (χ3n) is 4.44. The standard InChI is InChI=1S/C22H18N2O3S/c1-26-17-8-5-15(6-9-17)16-7-10-19-20(22(25)27-2)14-24(21(19)12-16)28-18-4-3-11-23-13-18/h3-14H,1-2H3. The van der Waals surface area contributed by atoms with Gasteiger partial charge in [0.25, 0.3) is 0 Å². The molecule has 140 valence electrons. The van der Waals surface area contributed by atoms with Crippen molar-refractivity contribution in [3.05, 3.63) is 78.8 Å². The summed E-state index contributed by atoms with van der Waals surface area (Å²) in [7, 11) is 3.05. The Labute approximate surface area is 167 Å². The fraction of sp³-hybridized carbons (Fsp3) is 0.0909. The van der Waals surface area contributed by atoms with Crippen molar-refractivity contribution in [2.45, 2.75) is 4.90 Å². The molecule has 4 rings (SSSR count). The van der Waals surface area contributed by atoms with E-state index in [1.54, 1.807) is 19.5 Å². The van der Waals surface area contributed by atoms with Crippen molar-refractivity contribution in [2.24, 2.45) is 0 Å². The van der Waals surface area contributed by atoms with Crippen molar-refractivity contribution in [2.75, 3.05) is 14.2 Å². The zero-order valence-electron chi connectivity index (χ0n) is 15.5. The maximum atomic E-state index is 12.2. The SMILES string of the molecule is COC(=O)c1cn(Sc2cccnc2)c2cc(-c3ccc(OC)cc3)ccc12. The quantitative estimate of drug-likeness (QED) is 0.446. The molecule has 0 spiro atoms. The lowest BCUT2D eigenvalue weighted by Crippen LogP contribution is -1.99. The Balaban J connectivity index is 1.82. The summed E-state index contributed by atoms with van der Waals surface area (Å²) in [6.07, 6.45) is 5.34. The molecule has 5 nitrogen and oxygen atoms in total. The number of aromatic nitrogens is 2. The molecule has 0 aliphatic rings. The summed E-state index contributed by atoms with van der Waals surface area (Å²) in [5, 5.41) is 0.848. The van der Waals surface area contributed by atoms with Gasteiger partial charge in [-0.3, -0.25) is 8.96 Å². The molecule has 2 aromatic carbocycles. The summed E-state index contributed by atoms with van der Waals surface area (Å²) in [6, 6.07) is 17.8. The average Bonchev–Trinajstić information content (AvgIpc) is 3.11. The maximum Gasteiger partial charge on any atom is 0.340 e. The Hall–Kier alpha value is -3.25. The first-order valence-corrected chi connectivity index (χ1v) is 9.43. The molecule has 0 unspecified atom stereocenters. The van der Waals surface area contributed by atoms with Crippen molar-refractivity contribution >= 4 is 28.8 Å². The fourth-order valence-electron chi connectivity index (χ4n) is 3.02. The second kappa shape index (κ2) is 7.78. The third-order valence-corrected chi connectivity index (χ3v) is 5.39. The van der Waals surface area contributed by atoms with E-state index >= 15 is 0 Å². The molecule has 0 radical (unpaired) electrons.